The lowest BCUT2D eigenvalue weighted by Gasteiger charge is -2.04. The van der Waals surface area contributed by atoms with Crippen LogP contribution < -0.4 is 5.73 Å². The molecule has 12 heavy (non-hydrogen) atoms. The number of carbonyl (C=O) groups excluding carboxylic acids is 2. The third kappa shape index (κ3) is 5.85. The number of aldehydes is 1. The lowest BCUT2D eigenvalue weighted by atomic mass is 10.2. The fourth-order valence-corrected chi connectivity index (χ4v) is 0.630. The van der Waals surface area contributed by atoms with Crippen molar-refractivity contribution in [3.8, 4) is 0 Å². The largest absolute Gasteiger partial charge is 0.466 e. The van der Waals surface area contributed by atoms with Gasteiger partial charge in [-0.15, -0.1) is 0 Å². The Labute approximate surface area is 72.1 Å². The molecule has 4 heteroatoms. The van der Waals surface area contributed by atoms with Crippen molar-refractivity contribution in [3.63, 3.8) is 0 Å². The molecule has 2 N–H and O–H groups in total. The molecule has 0 saturated heterocycles. The van der Waals surface area contributed by atoms with Gasteiger partial charge in [-0.2, -0.15) is 0 Å². The lowest BCUT2D eigenvalue weighted by Crippen LogP contribution is -2.26. The SMILES string of the molecule is CCCCOC(=O)CC(N)C=O. The van der Waals surface area contributed by atoms with Crippen molar-refractivity contribution in [2.75, 3.05) is 6.61 Å². The van der Waals surface area contributed by atoms with E-state index in [1.165, 1.54) is 0 Å². The Balaban J connectivity index is 3.39. The van der Waals surface area contributed by atoms with Gasteiger partial charge in [0, 0.05) is 0 Å². The van der Waals surface area contributed by atoms with Crippen LogP contribution in [-0.4, -0.2) is 24.9 Å². The predicted molar refractivity (Wildman–Crippen MR) is 44.5 cm³/mol. The van der Waals surface area contributed by atoms with Gasteiger partial charge in [-0.1, -0.05) is 13.3 Å². The summed E-state index contributed by atoms with van der Waals surface area (Å²) in [4.78, 5) is 20.9. The maximum absolute atomic E-state index is 10.8. The second kappa shape index (κ2) is 6.79. The summed E-state index contributed by atoms with van der Waals surface area (Å²) in [5, 5.41) is 0. The molecule has 0 aromatic heterocycles. The van der Waals surface area contributed by atoms with E-state index >= 15 is 0 Å². The first-order valence-electron chi connectivity index (χ1n) is 4.07. The Morgan fingerprint density at radius 3 is 2.83 bits per heavy atom. The fourth-order valence-electron chi connectivity index (χ4n) is 0.630. The number of hydrogen-bond acceptors (Lipinski definition) is 4. The third-order valence-electron chi connectivity index (χ3n) is 1.34. The van der Waals surface area contributed by atoms with Crippen molar-refractivity contribution in [1.29, 1.82) is 0 Å². The molecule has 0 aromatic carbocycles. The van der Waals surface area contributed by atoms with E-state index in [4.69, 9.17) is 10.5 Å². The summed E-state index contributed by atoms with van der Waals surface area (Å²) in [5.74, 6) is -0.400. The summed E-state index contributed by atoms with van der Waals surface area (Å²) >= 11 is 0. The average molecular weight is 173 g/mol. The van der Waals surface area contributed by atoms with Crippen molar-refractivity contribution in [2.45, 2.75) is 32.2 Å². The molecule has 0 spiro atoms. The van der Waals surface area contributed by atoms with Gasteiger partial charge in [0.1, 0.15) is 6.29 Å². The quantitative estimate of drug-likeness (QED) is 0.355. The van der Waals surface area contributed by atoms with Crippen LogP contribution in [0.25, 0.3) is 0 Å². The van der Waals surface area contributed by atoms with E-state index in [0.717, 1.165) is 12.8 Å². The van der Waals surface area contributed by atoms with E-state index in [0.29, 0.717) is 12.9 Å². The minimum atomic E-state index is -0.723. The first-order chi connectivity index (χ1) is 5.70. The predicted octanol–water partition coefficient (Wildman–Crippen LogP) is 0.246. The summed E-state index contributed by atoms with van der Waals surface area (Å²) in [5.41, 5.74) is 5.21. The average Bonchev–Trinajstić information content (AvgIpc) is 2.05. The maximum Gasteiger partial charge on any atom is 0.307 e. The van der Waals surface area contributed by atoms with E-state index < -0.39 is 12.0 Å². The summed E-state index contributed by atoms with van der Waals surface area (Å²) in [6.45, 7) is 2.42. The van der Waals surface area contributed by atoms with Crippen LogP contribution in [0.1, 0.15) is 26.2 Å². The molecular weight excluding hydrogens is 158 g/mol. The number of hydrogen-bond donors (Lipinski definition) is 1. The molecule has 0 saturated carbocycles. The second-order valence-electron chi connectivity index (χ2n) is 2.58. The molecule has 0 aliphatic heterocycles. The number of ether oxygens (including phenoxy) is 1. The molecule has 0 fully saturated rings. The molecule has 0 rings (SSSR count). The standard InChI is InChI=1S/C8H15NO3/c1-2-3-4-12-8(11)5-7(9)6-10/h6-7H,2-5,9H2,1H3. The summed E-state index contributed by atoms with van der Waals surface area (Å²) < 4.78 is 4.78. The summed E-state index contributed by atoms with van der Waals surface area (Å²) in [6, 6.07) is -0.723. The summed E-state index contributed by atoms with van der Waals surface area (Å²) in [6.07, 6.45) is 2.35. The van der Waals surface area contributed by atoms with Gasteiger partial charge in [0.2, 0.25) is 0 Å². The number of esters is 1. The Bertz CT molecular complexity index is 147. The number of carbonyl (C=O) groups is 2. The van der Waals surface area contributed by atoms with Crippen molar-refractivity contribution in [3.05, 3.63) is 0 Å². The van der Waals surface area contributed by atoms with Crippen LogP contribution in [-0.2, 0) is 14.3 Å². The molecular formula is C8H15NO3. The molecule has 4 nitrogen and oxygen atoms in total. The third-order valence-corrected chi connectivity index (χ3v) is 1.34. The molecule has 1 atom stereocenters. The van der Waals surface area contributed by atoms with E-state index in [-0.39, 0.29) is 6.42 Å². The smallest absolute Gasteiger partial charge is 0.307 e. The van der Waals surface area contributed by atoms with E-state index in [9.17, 15) is 9.59 Å². The number of rotatable bonds is 6. The summed E-state index contributed by atoms with van der Waals surface area (Å²) in [7, 11) is 0. The van der Waals surface area contributed by atoms with Crippen LogP contribution in [0.4, 0.5) is 0 Å². The lowest BCUT2D eigenvalue weighted by molar-refractivity contribution is -0.144. The van der Waals surface area contributed by atoms with Gasteiger partial charge < -0.3 is 15.3 Å². The van der Waals surface area contributed by atoms with E-state index in [2.05, 4.69) is 0 Å². The zero-order valence-corrected chi connectivity index (χ0v) is 7.29. The first kappa shape index (κ1) is 11.1. The topological polar surface area (TPSA) is 69.4 Å². The first-order valence-corrected chi connectivity index (χ1v) is 4.07. The van der Waals surface area contributed by atoms with Crippen LogP contribution in [0.15, 0.2) is 0 Å². The van der Waals surface area contributed by atoms with Crippen molar-refractivity contribution in [1.82, 2.24) is 0 Å². The highest BCUT2D eigenvalue weighted by Gasteiger charge is 2.08. The minimum Gasteiger partial charge on any atom is -0.466 e. The zero-order chi connectivity index (χ0) is 9.40. The molecule has 70 valence electrons. The molecule has 0 heterocycles. The normalized spacial score (nSPS) is 12.2. The van der Waals surface area contributed by atoms with Crippen LogP contribution >= 0.6 is 0 Å². The molecule has 1 unspecified atom stereocenters. The number of unbranched alkanes of at least 4 members (excludes halogenated alkanes) is 1. The van der Waals surface area contributed by atoms with Crippen molar-refractivity contribution < 1.29 is 14.3 Å². The highest BCUT2D eigenvalue weighted by molar-refractivity contribution is 5.75. The van der Waals surface area contributed by atoms with Crippen LogP contribution in [0.3, 0.4) is 0 Å². The molecule has 0 aliphatic carbocycles. The Kier molecular flexibility index (Phi) is 6.28. The van der Waals surface area contributed by atoms with Gasteiger partial charge in [0.25, 0.3) is 0 Å². The van der Waals surface area contributed by atoms with Gasteiger partial charge in [-0.25, -0.2) is 0 Å². The van der Waals surface area contributed by atoms with Gasteiger partial charge in [-0.3, -0.25) is 4.79 Å². The highest BCUT2D eigenvalue weighted by atomic mass is 16.5. The molecule has 0 aliphatic rings. The minimum absolute atomic E-state index is 0.0206. The van der Waals surface area contributed by atoms with Gasteiger partial charge >= 0.3 is 5.97 Å². The van der Waals surface area contributed by atoms with Crippen molar-refractivity contribution in [2.24, 2.45) is 5.73 Å². The zero-order valence-electron chi connectivity index (χ0n) is 7.29. The number of nitrogens with two attached hydrogens (primary N) is 1. The van der Waals surface area contributed by atoms with Gasteiger partial charge in [0.15, 0.2) is 0 Å². The molecule has 0 aromatic rings. The van der Waals surface area contributed by atoms with Gasteiger partial charge in [-0.05, 0) is 6.42 Å². The van der Waals surface area contributed by atoms with Crippen LogP contribution in [0.5, 0.6) is 0 Å². The van der Waals surface area contributed by atoms with E-state index in [1.807, 2.05) is 6.92 Å². The molecule has 0 amide bonds. The van der Waals surface area contributed by atoms with Crippen molar-refractivity contribution >= 4 is 12.3 Å². The Morgan fingerprint density at radius 1 is 1.67 bits per heavy atom. The Morgan fingerprint density at radius 2 is 2.33 bits per heavy atom. The molecule has 0 radical (unpaired) electrons. The van der Waals surface area contributed by atoms with Crippen LogP contribution in [0, 0.1) is 0 Å². The fraction of sp³-hybridized carbons (Fsp3) is 0.750. The Hall–Kier alpha value is -0.900. The highest BCUT2D eigenvalue weighted by Crippen LogP contribution is 1.93. The molecule has 0 bridgehead atoms. The monoisotopic (exact) mass is 173 g/mol. The maximum atomic E-state index is 10.8. The van der Waals surface area contributed by atoms with E-state index in [1.54, 1.807) is 0 Å². The van der Waals surface area contributed by atoms with Crippen LogP contribution in [0.2, 0.25) is 0 Å². The second-order valence-corrected chi connectivity index (χ2v) is 2.58. The van der Waals surface area contributed by atoms with Gasteiger partial charge in [0.05, 0.1) is 19.1 Å².